The van der Waals surface area contributed by atoms with E-state index in [1.165, 1.54) is 16.2 Å². The van der Waals surface area contributed by atoms with Gasteiger partial charge in [0.25, 0.3) is 11.8 Å². The third-order valence-electron chi connectivity index (χ3n) is 3.94. The Hall–Kier alpha value is -2.99. The zero-order chi connectivity index (χ0) is 18.4. The number of benzene rings is 1. The van der Waals surface area contributed by atoms with Crippen molar-refractivity contribution in [3.8, 4) is 0 Å². The molecule has 0 aliphatic rings. The lowest BCUT2D eigenvalue weighted by Gasteiger charge is -2.19. The summed E-state index contributed by atoms with van der Waals surface area (Å²) in [6.45, 7) is 0.479. The molecule has 0 fully saturated rings. The predicted octanol–water partition coefficient (Wildman–Crippen LogP) is 3.39. The van der Waals surface area contributed by atoms with Gasteiger partial charge in [0.1, 0.15) is 0 Å². The van der Waals surface area contributed by atoms with Crippen molar-refractivity contribution in [2.45, 2.75) is 6.42 Å². The minimum Gasteiger partial charge on any atom is -0.352 e. The van der Waals surface area contributed by atoms with Crippen molar-refractivity contribution in [1.82, 2.24) is 10.3 Å². The van der Waals surface area contributed by atoms with Crippen LogP contribution in [0.25, 0.3) is 0 Å². The molecule has 3 rings (SSSR count). The van der Waals surface area contributed by atoms with Crippen molar-refractivity contribution in [2.24, 2.45) is 0 Å². The number of carbonyl (C=O) groups excluding carboxylic acids is 2. The molecule has 2 heterocycles. The molecule has 0 unspecified atom stereocenters. The molecule has 132 valence electrons. The number of pyridine rings is 1. The maximum atomic E-state index is 12.6. The van der Waals surface area contributed by atoms with Gasteiger partial charge in [0, 0.05) is 31.9 Å². The van der Waals surface area contributed by atoms with Crippen LogP contribution in [0.3, 0.4) is 0 Å². The number of nitrogens with one attached hydrogen (secondary N) is 1. The molecular formula is C20H19N3O2S. The van der Waals surface area contributed by atoms with Crippen molar-refractivity contribution >= 4 is 28.8 Å². The lowest BCUT2D eigenvalue weighted by molar-refractivity contribution is 0.0954. The summed E-state index contributed by atoms with van der Waals surface area (Å²) in [5.74, 6) is -0.337. The van der Waals surface area contributed by atoms with Gasteiger partial charge in [0.15, 0.2) is 0 Å². The Morgan fingerprint density at radius 1 is 1.08 bits per heavy atom. The van der Waals surface area contributed by atoms with E-state index < -0.39 is 0 Å². The number of hydrogen-bond acceptors (Lipinski definition) is 4. The Balaban J connectivity index is 1.70. The van der Waals surface area contributed by atoms with Crippen LogP contribution in [0, 0.1) is 0 Å². The molecule has 0 aliphatic heterocycles. The fourth-order valence-corrected chi connectivity index (χ4v) is 3.28. The second kappa shape index (κ2) is 8.40. The summed E-state index contributed by atoms with van der Waals surface area (Å²) >= 11 is 1.38. The largest absolute Gasteiger partial charge is 0.352 e. The molecule has 26 heavy (non-hydrogen) atoms. The average molecular weight is 365 g/mol. The van der Waals surface area contributed by atoms with Gasteiger partial charge in [-0.1, -0.05) is 24.3 Å². The van der Waals surface area contributed by atoms with Crippen LogP contribution in [-0.4, -0.2) is 30.4 Å². The number of thiophene rings is 1. The first-order valence-corrected chi connectivity index (χ1v) is 9.13. The molecule has 0 atom stereocenters. The number of para-hydroxylation sites is 1. The van der Waals surface area contributed by atoms with E-state index in [1.807, 2.05) is 35.7 Å². The summed E-state index contributed by atoms with van der Waals surface area (Å²) in [5.41, 5.74) is 1.98. The smallest absolute Gasteiger partial charge is 0.268 e. The number of rotatable bonds is 6. The third kappa shape index (κ3) is 4.15. The van der Waals surface area contributed by atoms with Crippen molar-refractivity contribution in [2.75, 3.05) is 18.5 Å². The number of hydrogen-bond donors (Lipinski definition) is 1. The van der Waals surface area contributed by atoms with E-state index >= 15 is 0 Å². The van der Waals surface area contributed by atoms with Crippen molar-refractivity contribution in [3.05, 3.63) is 82.3 Å². The van der Waals surface area contributed by atoms with Crippen LogP contribution in [-0.2, 0) is 6.42 Å². The first-order valence-electron chi connectivity index (χ1n) is 8.25. The van der Waals surface area contributed by atoms with E-state index in [0.717, 1.165) is 5.69 Å². The highest BCUT2D eigenvalue weighted by molar-refractivity contribution is 7.12. The van der Waals surface area contributed by atoms with Crippen LogP contribution in [0.15, 0.2) is 66.2 Å². The molecule has 0 radical (unpaired) electrons. The maximum absolute atomic E-state index is 12.6. The molecule has 6 heteroatoms. The molecule has 2 aromatic heterocycles. The Bertz CT molecular complexity index is 879. The minimum absolute atomic E-state index is 0.131. The van der Waals surface area contributed by atoms with E-state index in [2.05, 4.69) is 10.3 Å². The number of anilines is 1. The number of aromatic nitrogens is 1. The quantitative estimate of drug-likeness (QED) is 0.728. The van der Waals surface area contributed by atoms with Crippen molar-refractivity contribution in [1.29, 1.82) is 0 Å². The van der Waals surface area contributed by atoms with Gasteiger partial charge in [-0.2, -0.15) is 0 Å². The highest BCUT2D eigenvalue weighted by Gasteiger charge is 2.19. The van der Waals surface area contributed by atoms with Crippen LogP contribution in [0.1, 0.15) is 25.7 Å². The van der Waals surface area contributed by atoms with Crippen LogP contribution in [0.4, 0.5) is 5.69 Å². The van der Waals surface area contributed by atoms with E-state index in [9.17, 15) is 9.59 Å². The van der Waals surface area contributed by atoms with E-state index in [-0.39, 0.29) is 11.8 Å². The van der Waals surface area contributed by atoms with Gasteiger partial charge >= 0.3 is 0 Å². The summed E-state index contributed by atoms with van der Waals surface area (Å²) in [4.78, 5) is 31.6. The molecule has 3 aromatic rings. The van der Waals surface area contributed by atoms with E-state index in [4.69, 9.17) is 0 Å². The predicted molar refractivity (Wildman–Crippen MR) is 104 cm³/mol. The second-order valence-electron chi connectivity index (χ2n) is 5.69. The number of nitrogens with zero attached hydrogens (tertiary/aromatic N) is 2. The fraction of sp³-hybridized carbons (Fsp3) is 0.150. The minimum atomic E-state index is -0.206. The lowest BCUT2D eigenvalue weighted by atomic mass is 10.1. The van der Waals surface area contributed by atoms with Gasteiger partial charge in [-0.15, -0.1) is 11.3 Å². The number of amides is 2. The SMILES string of the molecule is CN(C(=O)c1cccs1)c1ccccc1C(=O)NCCc1ccccn1. The molecule has 0 saturated carbocycles. The Morgan fingerprint density at radius 3 is 2.62 bits per heavy atom. The van der Waals surface area contributed by atoms with Gasteiger partial charge < -0.3 is 10.2 Å². The average Bonchev–Trinajstić information content (AvgIpc) is 3.22. The van der Waals surface area contributed by atoms with E-state index in [1.54, 1.807) is 37.5 Å². The van der Waals surface area contributed by atoms with Gasteiger partial charge in [0.2, 0.25) is 0 Å². The molecule has 0 bridgehead atoms. The van der Waals surface area contributed by atoms with E-state index in [0.29, 0.717) is 29.1 Å². The van der Waals surface area contributed by atoms with Crippen molar-refractivity contribution in [3.63, 3.8) is 0 Å². The molecule has 1 aromatic carbocycles. The summed E-state index contributed by atoms with van der Waals surface area (Å²) < 4.78 is 0. The van der Waals surface area contributed by atoms with Gasteiger partial charge in [-0.3, -0.25) is 14.6 Å². The highest BCUT2D eigenvalue weighted by Crippen LogP contribution is 2.22. The summed E-state index contributed by atoms with van der Waals surface area (Å²) in [6.07, 6.45) is 2.39. The van der Waals surface area contributed by atoms with Gasteiger partial charge in [-0.05, 0) is 35.7 Å². The normalized spacial score (nSPS) is 10.3. The maximum Gasteiger partial charge on any atom is 0.268 e. The molecule has 0 spiro atoms. The Labute approximate surface area is 156 Å². The molecule has 0 aliphatic carbocycles. The summed E-state index contributed by atoms with van der Waals surface area (Å²) in [7, 11) is 1.68. The first-order chi connectivity index (χ1) is 12.7. The molecule has 5 nitrogen and oxygen atoms in total. The third-order valence-corrected chi connectivity index (χ3v) is 4.80. The summed E-state index contributed by atoms with van der Waals surface area (Å²) in [5, 5.41) is 4.76. The highest BCUT2D eigenvalue weighted by atomic mass is 32.1. The van der Waals surface area contributed by atoms with Crippen molar-refractivity contribution < 1.29 is 9.59 Å². The lowest BCUT2D eigenvalue weighted by Crippen LogP contribution is -2.31. The molecule has 1 N–H and O–H groups in total. The van der Waals surface area contributed by atoms with Gasteiger partial charge in [0.05, 0.1) is 16.1 Å². The molecular weight excluding hydrogens is 346 g/mol. The molecule has 2 amide bonds. The first kappa shape index (κ1) is 17.8. The fourth-order valence-electron chi connectivity index (χ4n) is 2.58. The second-order valence-corrected chi connectivity index (χ2v) is 6.63. The van der Waals surface area contributed by atoms with Crippen LogP contribution in [0.5, 0.6) is 0 Å². The Morgan fingerprint density at radius 2 is 1.88 bits per heavy atom. The molecule has 0 saturated heterocycles. The monoisotopic (exact) mass is 365 g/mol. The van der Waals surface area contributed by atoms with Crippen LogP contribution < -0.4 is 10.2 Å². The number of carbonyl (C=O) groups is 2. The van der Waals surface area contributed by atoms with Crippen LogP contribution in [0.2, 0.25) is 0 Å². The summed E-state index contributed by atoms with van der Waals surface area (Å²) in [6, 6.07) is 16.4. The topological polar surface area (TPSA) is 62.3 Å². The zero-order valence-corrected chi connectivity index (χ0v) is 15.2. The standard InChI is InChI=1S/C20H19N3O2S/c1-23(20(25)18-10-6-14-26-18)17-9-3-2-8-16(17)19(24)22-13-11-15-7-4-5-12-21-15/h2-10,12,14H,11,13H2,1H3,(H,22,24). The zero-order valence-electron chi connectivity index (χ0n) is 14.4. The van der Waals surface area contributed by atoms with Gasteiger partial charge in [-0.25, -0.2) is 0 Å². The van der Waals surface area contributed by atoms with Crippen LogP contribution >= 0.6 is 11.3 Å². The Kier molecular flexibility index (Phi) is 5.76.